The summed E-state index contributed by atoms with van der Waals surface area (Å²) >= 11 is 0. The van der Waals surface area contributed by atoms with E-state index in [0.717, 1.165) is 0 Å². The van der Waals surface area contributed by atoms with Crippen LogP contribution in [0.4, 0.5) is 0 Å². The maximum Gasteiger partial charge on any atom is 1.00 e. The van der Waals surface area contributed by atoms with Crippen LogP contribution in [0.25, 0.3) is 0 Å². The first-order chi connectivity index (χ1) is 6.98. The van der Waals surface area contributed by atoms with Crippen LogP contribution in [0.1, 0.15) is 25.2 Å². The SMILES string of the molecule is CC(C)(C(=O)[O-])c1ccc(CC#N)nn1.[Li+]. The van der Waals surface area contributed by atoms with E-state index in [1.807, 2.05) is 6.07 Å². The van der Waals surface area contributed by atoms with Crippen LogP contribution in [0.2, 0.25) is 0 Å². The van der Waals surface area contributed by atoms with Gasteiger partial charge in [-0.25, -0.2) is 0 Å². The molecule has 0 fully saturated rings. The monoisotopic (exact) mass is 211 g/mol. The third kappa shape index (κ3) is 3.06. The van der Waals surface area contributed by atoms with Gasteiger partial charge >= 0.3 is 18.9 Å². The van der Waals surface area contributed by atoms with Crippen molar-refractivity contribution in [2.45, 2.75) is 25.7 Å². The second kappa shape index (κ2) is 5.65. The van der Waals surface area contributed by atoms with Gasteiger partial charge in [0, 0.05) is 5.41 Å². The van der Waals surface area contributed by atoms with Gasteiger partial charge in [-0.1, -0.05) is 0 Å². The second-order valence-electron chi connectivity index (χ2n) is 3.66. The number of aliphatic carboxylic acids is 1. The number of nitrogens with zero attached hydrogens (tertiary/aromatic N) is 3. The average Bonchev–Trinajstić information content (AvgIpc) is 2.19. The van der Waals surface area contributed by atoms with E-state index in [9.17, 15) is 9.90 Å². The molecule has 5 nitrogen and oxygen atoms in total. The molecule has 0 spiro atoms. The number of hydrogen-bond donors (Lipinski definition) is 0. The molecule has 1 rings (SSSR count). The van der Waals surface area contributed by atoms with E-state index in [1.54, 1.807) is 12.1 Å². The summed E-state index contributed by atoms with van der Waals surface area (Å²) in [4.78, 5) is 10.8. The van der Waals surface area contributed by atoms with E-state index in [0.29, 0.717) is 11.4 Å². The predicted octanol–water partition coefficient (Wildman–Crippen LogP) is -3.43. The molecule has 0 atom stereocenters. The molecule has 16 heavy (non-hydrogen) atoms. The standard InChI is InChI=1S/C10H11N3O2.Li/c1-10(2,9(14)15)8-4-3-7(5-6-11)12-13-8;/h3-4H,5H2,1-2H3,(H,14,15);/q;+1/p-1. The number of rotatable bonds is 3. The van der Waals surface area contributed by atoms with Crippen molar-refractivity contribution in [3.05, 3.63) is 23.5 Å². The Morgan fingerprint density at radius 2 is 2.12 bits per heavy atom. The molecule has 1 heterocycles. The first-order valence-electron chi connectivity index (χ1n) is 4.40. The normalized spacial score (nSPS) is 10.1. The van der Waals surface area contributed by atoms with E-state index in [-0.39, 0.29) is 25.3 Å². The first-order valence-corrected chi connectivity index (χ1v) is 4.40. The fourth-order valence-electron chi connectivity index (χ4n) is 0.973. The smallest absolute Gasteiger partial charge is 0.549 e. The largest absolute Gasteiger partial charge is 1.00 e. The van der Waals surface area contributed by atoms with Gasteiger partial charge in [0.15, 0.2) is 0 Å². The molecule has 0 N–H and O–H groups in total. The van der Waals surface area contributed by atoms with E-state index < -0.39 is 11.4 Å². The second-order valence-corrected chi connectivity index (χ2v) is 3.66. The van der Waals surface area contributed by atoms with Crippen LogP contribution in [0.15, 0.2) is 12.1 Å². The molecule has 78 valence electrons. The Bertz CT molecular complexity index is 409. The Balaban J connectivity index is 0.00000225. The zero-order chi connectivity index (χ0) is 11.5. The maximum absolute atomic E-state index is 10.8. The number of carboxylic acids is 1. The van der Waals surface area contributed by atoms with Gasteiger partial charge in [-0.05, 0) is 26.0 Å². The summed E-state index contributed by atoms with van der Waals surface area (Å²) in [5, 5.41) is 26.7. The van der Waals surface area contributed by atoms with Gasteiger partial charge in [0.05, 0.1) is 29.8 Å². The van der Waals surface area contributed by atoms with Crippen molar-refractivity contribution in [2.75, 3.05) is 0 Å². The number of nitriles is 1. The fourth-order valence-corrected chi connectivity index (χ4v) is 0.973. The van der Waals surface area contributed by atoms with Gasteiger partial charge in [-0.3, -0.25) is 0 Å². The predicted molar refractivity (Wildman–Crippen MR) is 49.4 cm³/mol. The minimum atomic E-state index is -1.20. The molecule has 0 aromatic carbocycles. The summed E-state index contributed by atoms with van der Waals surface area (Å²) in [6.07, 6.45) is 0.166. The van der Waals surface area contributed by atoms with E-state index in [1.165, 1.54) is 13.8 Å². The Morgan fingerprint density at radius 1 is 1.50 bits per heavy atom. The molecule has 0 aliphatic rings. The van der Waals surface area contributed by atoms with E-state index in [2.05, 4.69) is 10.2 Å². The number of carboxylic acid groups (broad SMARTS) is 1. The van der Waals surface area contributed by atoms with Crippen LogP contribution in [0.3, 0.4) is 0 Å². The van der Waals surface area contributed by atoms with Crippen molar-refractivity contribution >= 4 is 5.97 Å². The quantitative estimate of drug-likeness (QED) is 0.485. The van der Waals surface area contributed by atoms with Crippen molar-refractivity contribution in [1.82, 2.24) is 10.2 Å². The van der Waals surface area contributed by atoms with E-state index in [4.69, 9.17) is 5.26 Å². The summed E-state index contributed by atoms with van der Waals surface area (Å²) in [5.74, 6) is -1.20. The van der Waals surface area contributed by atoms with Crippen molar-refractivity contribution in [3.63, 3.8) is 0 Å². The van der Waals surface area contributed by atoms with Gasteiger partial charge in [0.25, 0.3) is 0 Å². The molecule has 1 aromatic rings. The van der Waals surface area contributed by atoms with Crippen LogP contribution < -0.4 is 24.0 Å². The van der Waals surface area contributed by atoms with Crippen LogP contribution in [0.5, 0.6) is 0 Å². The Morgan fingerprint density at radius 3 is 2.50 bits per heavy atom. The van der Waals surface area contributed by atoms with Crippen LogP contribution in [-0.4, -0.2) is 16.2 Å². The molecule has 0 saturated carbocycles. The van der Waals surface area contributed by atoms with Gasteiger partial charge in [-0.15, -0.1) is 0 Å². The molecule has 0 aliphatic carbocycles. The molecular formula is C10H10LiN3O2. The van der Waals surface area contributed by atoms with Crippen LogP contribution in [-0.2, 0) is 16.6 Å². The summed E-state index contributed by atoms with van der Waals surface area (Å²) in [5.41, 5.74) is -0.322. The average molecular weight is 211 g/mol. The zero-order valence-corrected chi connectivity index (χ0v) is 9.52. The molecule has 1 aromatic heterocycles. The topological polar surface area (TPSA) is 89.7 Å². The first kappa shape index (κ1) is 14.6. The van der Waals surface area contributed by atoms with Gasteiger partial charge in [0.1, 0.15) is 0 Å². The summed E-state index contributed by atoms with van der Waals surface area (Å²) < 4.78 is 0. The van der Waals surface area contributed by atoms with Crippen LogP contribution >= 0.6 is 0 Å². The van der Waals surface area contributed by atoms with Crippen molar-refractivity contribution in [1.29, 1.82) is 5.26 Å². The molecule has 0 aliphatic heterocycles. The fraction of sp³-hybridized carbons (Fsp3) is 0.400. The number of hydrogen-bond acceptors (Lipinski definition) is 5. The van der Waals surface area contributed by atoms with Crippen LogP contribution in [0, 0.1) is 11.3 Å². The molecule has 6 heteroatoms. The Hall–Kier alpha value is -1.36. The molecule has 0 saturated heterocycles. The summed E-state index contributed by atoms with van der Waals surface area (Å²) in [7, 11) is 0. The number of aromatic nitrogens is 2. The maximum atomic E-state index is 10.8. The molecule has 0 bridgehead atoms. The Kier molecular flexibility index (Phi) is 5.17. The van der Waals surface area contributed by atoms with Crippen molar-refractivity contribution in [2.24, 2.45) is 0 Å². The molecule has 0 radical (unpaired) electrons. The summed E-state index contributed by atoms with van der Waals surface area (Å²) in [6.45, 7) is 2.99. The Labute approximate surface area is 106 Å². The molecule has 0 amide bonds. The van der Waals surface area contributed by atoms with Crippen molar-refractivity contribution < 1.29 is 28.8 Å². The van der Waals surface area contributed by atoms with Gasteiger partial charge in [-0.2, -0.15) is 15.5 Å². The summed E-state index contributed by atoms with van der Waals surface area (Å²) in [6, 6.07) is 5.08. The zero-order valence-electron chi connectivity index (χ0n) is 9.52. The number of carbonyl (C=O) groups excluding carboxylic acids is 1. The molecular weight excluding hydrogens is 201 g/mol. The third-order valence-electron chi connectivity index (χ3n) is 2.13. The third-order valence-corrected chi connectivity index (χ3v) is 2.13. The van der Waals surface area contributed by atoms with Crippen molar-refractivity contribution in [3.8, 4) is 6.07 Å². The molecule has 0 unspecified atom stereocenters. The van der Waals surface area contributed by atoms with Gasteiger partial charge in [0.2, 0.25) is 0 Å². The van der Waals surface area contributed by atoms with Gasteiger partial charge < -0.3 is 9.90 Å². The van der Waals surface area contributed by atoms with E-state index >= 15 is 0 Å². The number of carbonyl (C=O) groups is 1. The minimum Gasteiger partial charge on any atom is -0.549 e. The minimum absolute atomic E-state index is 0.